The van der Waals surface area contributed by atoms with E-state index in [2.05, 4.69) is 4.98 Å². The molecule has 0 saturated heterocycles. The molecule has 0 bridgehead atoms. The number of nitrogens with zero attached hydrogens (tertiary/aromatic N) is 1. The van der Waals surface area contributed by atoms with E-state index in [1.54, 1.807) is 28.1 Å². The van der Waals surface area contributed by atoms with E-state index in [-0.39, 0.29) is 5.78 Å². The fourth-order valence-electron chi connectivity index (χ4n) is 3.20. The Morgan fingerprint density at radius 1 is 1.14 bits per heavy atom. The average Bonchev–Trinajstić information content (AvgIpc) is 3.00. The summed E-state index contributed by atoms with van der Waals surface area (Å²) in [6.45, 7) is 5.86. The van der Waals surface area contributed by atoms with Gasteiger partial charge < -0.3 is 19.2 Å². The topological polar surface area (TPSA) is 80.9 Å². The van der Waals surface area contributed by atoms with Crippen LogP contribution in [-0.4, -0.2) is 56.1 Å². The second-order valence-corrected chi connectivity index (χ2v) is 6.75. The van der Waals surface area contributed by atoms with Gasteiger partial charge in [0.2, 0.25) is 0 Å². The Bertz CT molecular complexity index is 872. The number of ether oxygens (including phenoxy) is 3. The van der Waals surface area contributed by atoms with Crippen molar-refractivity contribution in [3.05, 3.63) is 46.3 Å². The van der Waals surface area contributed by atoms with Gasteiger partial charge in [-0.25, -0.2) is 4.79 Å². The second kappa shape index (κ2) is 8.93. The smallest absolute Gasteiger partial charge is 0.339 e. The van der Waals surface area contributed by atoms with Crippen LogP contribution in [-0.2, 0) is 11.3 Å². The van der Waals surface area contributed by atoms with Crippen LogP contribution in [0.15, 0.2) is 18.2 Å². The number of benzene rings is 1. The minimum atomic E-state index is -0.450. The minimum Gasteiger partial charge on any atom is -0.497 e. The molecule has 28 heavy (non-hydrogen) atoms. The highest BCUT2D eigenvalue weighted by Crippen LogP contribution is 2.27. The van der Waals surface area contributed by atoms with Gasteiger partial charge in [0.25, 0.3) is 0 Å². The number of methoxy groups -OCH3 is 3. The van der Waals surface area contributed by atoms with Gasteiger partial charge in [0, 0.05) is 23.9 Å². The standard InChI is InChI=1S/C21H28N2O5/c1-12-18(21(25)28-7)13(2)22-19(12)20(24)14(3)23(4)11-15-8-9-16(26-5)10-17(15)27-6/h8-10,14,22H,11H2,1-7H3/t14-/m0/s1. The number of carbonyl (C=O) groups excluding carboxylic acids is 2. The first-order valence-electron chi connectivity index (χ1n) is 8.97. The SMILES string of the molecule is COC(=O)c1c(C)[nH]c(C(=O)[C@H](C)N(C)Cc2ccc(OC)cc2OC)c1C. The molecule has 1 aromatic heterocycles. The van der Waals surface area contributed by atoms with Crippen molar-refractivity contribution in [3.8, 4) is 11.5 Å². The normalized spacial score (nSPS) is 12.0. The van der Waals surface area contributed by atoms with Crippen LogP contribution >= 0.6 is 0 Å². The highest BCUT2D eigenvalue weighted by atomic mass is 16.5. The number of carbonyl (C=O) groups is 2. The lowest BCUT2D eigenvalue weighted by Gasteiger charge is -2.24. The summed E-state index contributed by atoms with van der Waals surface area (Å²) in [5, 5.41) is 0. The number of rotatable bonds is 8. The fourth-order valence-corrected chi connectivity index (χ4v) is 3.20. The number of aromatic amines is 1. The van der Waals surface area contributed by atoms with E-state index in [1.165, 1.54) is 7.11 Å². The van der Waals surface area contributed by atoms with Crippen LogP contribution in [0.5, 0.6) is 11.5 Å². The average molecular weight is 388 g/mol. The molecule has 1 atom stereocenters. The molecule has 0 aliphatic heterocycles. The summed E-state index contributed by atoms with van der Waals surface area (Å²) in [4.78, 5) is 30.0. The number of likely N-dealkylation sites (N-methyl/N-ethyl adjacent to an activating group) is 1. The highest BCUT2D eigenvalue weighted by molar-refractivity contribution is 6.03. The number of nitrogens with one attached hydrogen (secondary N) is 1. The third-order valence-corrected chi connectivity index (χ3v) is 5.03. The molecule has 0 unspecified atom stereocenters. The number of H-pyrrole nitrogens is 1. The molecule has 152 valence electrons. The zero-order valence-corrected chi connectivity index (χ0v) is 17.5. The lowest BCUT2D eigenvalue weighted by molar-refractivity contribution is 0.0599. The molecule has 2 aromatic rings. The molecule has 0 saturated carbocycles. The van der Waals surface area contributed by atoms with Crippen molar-refractivity contribution >= 4 is 11.8 Å². The van der Waals surface area contributed by atoms with Crippen LogP contribution in [0.2, 0.25) is 0 Å². The first kappa shape index (κ1) is 21.5. The zero-order valence-electron chi connectivity index (χ0n) is 17.5. The first-order valence-corrected chi connectivity index (χ1v) is 8.97. The van der Waals surface area contributed by atoms with E-state index in [1.807, 2.05) is 37.1 Å². The summed E-state index contributed by atoms with van der Waals surface area (Å²) in [6.07, 6.45) is 0. The third kappa shape index (κ3) is 4.20. The predicted octanol–water partition coefficient (Wildman–Crippen LogP) is 3.14. The lowest BCUT2D eigenvalue weighted by Crippen LogP contribution is -2.36. The van der Waals surface area contributed by atoms with Gasteiger partial charge in [0.1, 0.15) is 11.5 Å². The van der Waals surface area contributed by atoms with E-state index in [0.717, 1.165) is 5.56 Å². The second-order valence-electron chi connectivity index (χ2n) is 6.75. The summed E-state index contributed by atoms with van der Waals surface area (Å²) >= 11 is 0. The van der Waals surface area contributed by atoms with E-state index >= 15 is 0 Å². The summed E-state index contributed by atoms with van der Waals surface area (Å²) in [5.74, 6) is 0.867. The Kier molecular flexibility index (Phi) is 6.85. The summed E-state index contributed by atoms with van der Waals surface area (Å²) in [7, 11) is 6.41. The van der Waals surface area contributed by atoms with Crippen LogP contribution in [0.25, 0.3) is 0 Å². The molecular weight excluding hydrogens is 360 g/mol. The highest BCUT2D eigenvalue weighted by Gasteiger charge is 2.27. The van der Waals surface area contributed by atoms with Gasteiger partial charge in [-0.05, 0) is 39.4 Å². The number of Topliss-reactive ketones (excluding diaryl/α,β-unsaturated/α-hetero) is 1. The molecule has 0 fully saturated rings. The van der Waals surface area contributed by atoms with Crippen molar-refractivity contribution in [3.63, 3.8) is 0 Å². The van der Waals surface area contributed by atoms with Crippen LogP contribution in [0.4, 0.5) is 0 Å². The maximum Gasteiger partial charge on any atom is 0.339 e. The maximum atomic E-state index is 13.1. The molecule has 0 aliphatic rings. The Balaban J connectivity index is 2.23. The Morgan fingerprint density at radius 2 is 1.82 bits per heavy atom. The van der Waals surface area contributed by atoms with Gasteiger partial charge in [0.15, 0.2) is 5.78 Å². The van der Waals surface area contributed by atoms with Crippen molar-refractivity contribution in [1.29, 1.82) is 0 Å². The summed E-state index contributed by atoms with van der Waals surface area (Å²) < 4.78 is 15.5. The van der Waals surface area contributed by atoms with Crippen molar-refractivity contribution < 1.29 is 23.8 Å². The molecule has 0 spiro atoms. The molecule has 1 heterocycles. The number of aryl methyl sites for hydroxylation is 1. The minimum absolute atomic E-state index is 0.0919. The van der Waals surface area contributed by atoms with Crippen LogP contribution in [0.3, 0.4) is 0 Å². The third-order valence-electron chi connectivity index (χ3n) is 5.03. The van der Waals surface area contributed by atoms with Crippen molar-refractivity contribution in [2.75, 3.05) is 28.4 Å². The van der Waals surface area contributed by atoms with Gasteiger partial charge >= 0.3 is 5.97 Å². The van der Waals surface area contributed by atoms with E-state index in [9.17, 15) is 9.59 Å². The number of esters is 1. The number of hydrogen-bond acceptors (Lipinski definition) is 6. The van der Waals surface area contributed by atoms with Crippen molar-refractivity contribution in [1.82, 2.24) is 9.88 Å². The van der Waals surface area contributed by atoms with Crippen LogP contribution in [0, 0.1) is 13.8 Å². The molecule has 7 nitrogen and oxygen atoms in total. The monoisotopic (exact) mass is 388 g/mol. The molecule has 2 rings (SSSR count). The van der Waals surface area contributed by atoms with E-state index in [4.69, 9.17) is 14.2 Å². The molecular formula is C21H28N2O5. The molecule has 1 aromatic carbocycles. The van der Waals surface area contributed by atoms with Gasteiger partial charge in [-0.1, -0.05) is 6.07 Å². The maximum absolute atomic E-state index is 13.1. The summed E-state index contributed by atoms with van der Waals surface area (Å²) in [6, 6.07) is 5.19. The first-order chi connectivity index (χ1) is 13.2. The Labute approximate surface area is 165 Å². The molecule has 1 N–H and O–H groups in total. The molecule has 0 radical (unpaired) electrons. The van der Waals surface area contributed by atoms with E-state index in [0.29, 0.717) is 40.6 Å². The van der Waals surface area contributed by atoms with Crippen LogP contribution in [0.1, 0.15) is 44.6 Å². The number of hydrogen-bond donors (Lipinski definition) is 1. The number of ketones is 1. The number of aromatic nitrogens is 1. The quantitative estimate of drug-likeness (QED) is 0.553. The van der Waals surface area contributed by atoms with Crippen molar-refractivity contribution in [2.45, 2.75) is 33.4 Å². The Hall–Kier alpha value is -2.80. The molecule has 7 heteroatoms. The van der Waals surface area contributed by atoms with Crippen molar-refractivity contribution in [2.24, 2.45) is 0 Å². The van der Waals surface area contributed by atoms with Gasteiger partial charge in [0.05, 0.1) is 38.6 Å². The van der Waals surface area contributed by atoms with Gasteiger partial charge in [-0.3, -0.25) is 9.69 Å². The van der Waals surface area contributed by atoms with Gasteiger partial charge in [-0.2, -0.15) is 0 Å². The van der Waals surface area contributed by atoms with E-state index < -0.39 is 12.0 Å². The van der Waals surface area contributed by atoms with Crippen LogP contribution < -0.4 is 9.47 Å². The molecule has 0 amide bonds. The molecule has 0 aliphatic carbocycles. The predicted molar refractivity (Wildman–Crippen MR) is 106 cm³/mol. The Morgan fingerprint density at radius 3 is 2.39 bits per heavy atom. The van der Waals surface area contributed by atoms with Gasteiger partial charge in [-0.15, -0.1) is 0 Å². The fraction of sp³-hybridized carbons (Fsp3) is 0.429. The lowest BCUT2D eigenvalue weighted by atomic mass is 10.0. The summed E-state index contributed by atoms with van der Waals surface area (Å²) in [5.41, 5.74) is 3.02. The largest absolute Gasteiger partial charge is 0.497 e. The zero-order chi connectivity index (χ0) is 21.0.